The van der Waals surface area contributed by atoms with Crippen molar-refractivity contribution in [3.63, 3.8) is 0 Å². The Morgan fingerprint density at radius 3 is 1.39 bits per heavy atom. The number of hydrogen-bond donors (Lipinski definition) is 6. The van der Waals surface area contributed by atoms with Gasteiger partial charge in [0.15, 0.2) is 47.0 Å². The molecule has 16 heterocycles. The third kappa shape index (κ3) is 21.1. The maximum Gasteiger partial charge on any atom is 0.416 e. The van der Waals surface area contributed by atoms with Crippen molar-refractivity contribution >= 4 is 99.0 Å². The van der Waals surface area contributed by atoms with Crippen LogP contribution in [0.3, 0.4) is 0 Å². The second-order valence-electron chi connectivity index (χ2n) is 35.9. The minimum Gasteiger partial charge on any atom is -0.494 e. The first kappa shape index (κ1) is 97.2. The van der Waals surface area contributed by atoms with Crippen molar-refractivity contribution in [2.45, 2.75) is 114 Å². The van der Waals surface area contributed by atoms with Gasteiger partial charge in [0.2, 0.25) is 5.89 Å². The number of amidine groups is 1. The number of nitrogens with zero attached hydrogens (tertiary/aromatic N) is 18. The summed E-state index contributed by atoms with van der Waals surface area (Å²) in [5.74, 6) is -0.886. The quantitative estimate of drug-likeness (QED) is 0.0264. The van der Waals surface area contributed by atoms with Crippen LogP contribution in [-0.4, -0.2) is 165 Å². The van der Waals surface area contributed by atoms with Crippen LogP contribution < -0.4 is 76.7 Å². The number of pyridine rings is 5. The standard InChI is InChI=1S/C30H30F2N6O2.C29H26F3N7O2.C24H23F2N5O2.C21H17F3N6O/c1-30(31,32)21-6-2-4-20(14-21)25-9-10-26-28(36-25)38(23-11-13-37(26)17-23)29(39)35-22-8-7-19(5-3-12-33)24(15-22)27-16-34-18-40-27;1-17(33)34-15-26-35-14-25(41-26)19-5-3-7-21(13-19)36-28(40)39-22-10-11-38(16-22)24-9-8-23(37-27(24)39)18-4-2-6-20(12-18)29(30,31)32;1-24(25,26)16-7-5-6-15(12-16)18-13-19(33-2)21-22(28-18)31(17-9-11-30(21)14-17)23(32)29-20-8-3-4-10-27-20;22-21(23,24)14-3-1-2-13(10-14)16-4-5-17-19(27-16)30(15-6-9-29(17)12-15)20(31)28-18-11-25-7-8-26-18/h2,4,6-10,14-16,18,23H,3,5,11-13,17,33H2,1H3,(H,35,39);2-9,12-14,22H,10-11,15-16H2,1H3,(H2,33,34)(H,36,40);3-8,10,12-13,17H,9,11,14H2,1-2H3,(H,27,29,32);1-5,7-8,10-11,15H,6,9,12H2,(H,26,28,31)/t23-;22-;17-;15-/m0000/s1. The number of aromatic nitrogens is 9. The van der Waals surface area contributed by atoms with Crippen LogP contribution >= 0.6 is 0 Å². The minimum absolute atomic E-state index is 0.0564. The number of benzene rings is 6. The number of aryl methyl sites for hydroxylation is 1. The Hall–Kier alpha value is -16.6. The molecule has 8 amide bonds. The van der Waals surface area contributed by atoms with Gasteiger partial charge >= 0.3 is 36.5 Å². The van der Waals surface area contributed by atoms with Crippen molar-refractivity contribution in [1.29, 1.82) is 0 Å². The topological polar surface area (TPSA) is 358 Å². The molecule has 4 atom stereocenters. The number of halogens is 10. The van der Waals surface area contributed by atoms with Crippen LogP contribution in [-0.2, 0) is 37.2 Å². The predicted octanol–water partition coefficient (Wildman–Crippen LogP) is 21.1. The highest BCUT2D eigenvalue weighted by molar-refractivity contribution is 6.08. The SMILES string of the molecule is CC(F)(F)c1cccc(-c2ccc3c(n2)N(C(=O)Nc2ccc(CCCN)c(-c4cnco4)c2)[C@H]2CCN3C2)c1.CC(N)=NCc1ncc(-c2cccc(NC(=O)N3c4nc(-c5cccc(C(F)(F)F)c5)ccc4N4CC[C@H]3C4)c2)o1.COc1cc(-c2cccc(C(C)(F)F)c2)nc2c1N1CC[C@@H](C1)N2C(=O)Nc1ccccn1.O=C(Nc1cnccn1)N1c2nc(-c3cccc(C(F)(F)F)c3)ccc2N2CC[C@H]1C2. The number of fused-ring (bicyclic) bond motifs is 16. The Kier molecular flexibility index (Phi) is 27.1. The summed E-state index contributed by atoms with van der Waals surface area (Å²) in [6.07, 6.45) is 6.41. The number of carbonyl (C=O) groups excluding carboxylic acids is 4. The fourth-order valence-corrected chi connectivity index (χ4v) is 19.1. The van der Waals surface area contributed by atoms with E-state index in [9.17, 15) is 63.1 Å². The molecule has 0 aliphatic carbocycles. The highest BCUT2D eigenvalue weighted by Crippen LogP contribution is 2.50. The molecule has 8 bridgehead atoms. The summed E-state index contributed by atoms with van der Waals surface area (Å²) in [6.45, 7) is 10.0. The van der Waals surface area contributed by atoms with Gasteiger partial charge in [-0.25, -0.2) is 76.6 Å². The van der Waals surface area contributed by atoms with Crippen LogP contribution in [0.1, 0.15) is 86.6 Å². The van der Waals surface area contributed by atoms with Gasteiger partial charge in [0.1, 0.15) is 23.8 Å². The number of ether oxygens (including phenoxy) is 1. The predicted molar refractivity (Wildman–Crippen MR) is 531 cm³/mol. The number of alkyl halides is 10. The zero-order chi connectivity index (χ0) is 101. The van der Waals surface area contributed by atoms with Gasteiger partial charge in [0, 0.05) is 147 Å². The lowest BCUT2D eigenvalue weighted by Crippen LogP contribution is -2.48. The van der Waals surface area contributed by atoms with Crippen molar-refractivity contribution in [1.82, 2.24) is 44.9 Å². The summed E-state index contributed by atoms with van der Waals surface area (Å²) in [5.41, 5.74) is 20.0. The van der Waals surface area contributed by atoms with E-state index in [1.807, 2.05) is 48.5 Å². The highest BCUT2D eigenvalue weighted by atomic mass is 19.4. The maximum atomic E-state index is 14.0. The third-order valence-corrected chi connectivity index (χ3v) is 26.1. The molecule has 41 heteroatoms. The molecule has 744 valence electrons. The molecule has 8 aliphatic heterocycles. The van der Waals surface area contributed by atoms with Crippen LogP contribution in [0.2, 0.25) is 0 Å². The monoisotopic (exact) mass is 1980 g/mol. The number of anilines is 12. The molecular formula is C104H96F10N24O7. The first-order chi connectivity index (χ1) is 69.7. The van der Waals surface area contributed by atoms with Crippen molar-refractivity contribution in [2.24, 2.45) is 16.5 Å². The lowest BCUT2D eigenvalue weighted by molar-refractivity contribution is -0.138. The smallest absolute Gasteiger partial charge is 0.416 e. The Morgan fingerprint density at radius 1 is 0.448 bits per heavy atom. The van der Waals surface area contributed by atoms with Crippen LogP contribution in [0.15, 0.2) is 258 Å². The van der Waals surface area contributed by atoms with Gasteiger partial charge in [0.25, 0.3) is 11.8 Å². The maximum absolute atomic E-state index is 14.0. The molecule has 4 saturated heterocycles. The van der Waals surface area contributed by atoms with Crippen molar-refractivity contribution in [3.8, 4) is 73.4 Å². The molecule has 14 aromatic rings. The number of oxazole rings is 2. The largest absolute Gasteiger partial charge is 0.494 e. The number of nitrogens with two attached hydrogens (primary N) is 2. The van der Waals surface area contributed by atoms with Gasteiger partial charge in [-0.1, -0.05) is 84.9 Å². The van der Waals surface area contributed by atoms with Gasteiger partial charge in [-0.3, -0.25) is 40.2 Å². The molecule has 8 N–H and O–H groups in total. The molecule has 6 aromatic carbocycles. The second kappa shape index (κ2) is 40.4. The van der Waals surface area contributed by atoms with E-state index in [-0.39, 0.29) is 59.9 Å². The zero-order valence-corrected chi connectivity index (χ0v) is 78.6. The molecule has 8 aliphatic rings. The summed E-state index contributed by atoms with van der Waals surface area (Å²) >= 11 is 0. The molecule has 4 fully saturated rings. The average Bonchev–Trinajstić information content (AvgIpc) is 1.64. The van der Waals surface area contributed by atoms with Crippen LogP contribution in [0.4, 0.5) is 132 Å². The number of methoxy groups -OCH3 is 1. The first-order valence-corrected chi connectivity index (χ1v) is 46.8. The number of carbonyl (C=O) groups is 4. The fourth-order valence-electron chi connectivity index (χ4n) is 19.1. The number of hydrogen-bond acceptors (Lipinski definition) is 22. The summed E-state index contributed by atoms with van der Waals surface area (Å²) in [5, 5.41) is 11.6. The van der Waals surface area contributed by atoms with Crippen LogP contribution in [0.5, 0.6) is 5.75 Å². The molecule has 8 aromatic heterocycles. The lowest BCUT2D eigenvalue weighted by atomic mass is 10.0. The van der Waals surface area contributed by atoms with Gasteiger partial charge in [-0.15, -0.1) is 0 Å². The van der Waals surface area contributed by atoms with E-state index in [4.69, 9.17) is 40.0 Å². The van der Waals surface area contributed by atoms with Gasteiger partial charge < -0.3 is 55.3 Å². The van der Waals surface area contributed by atoms with E-state index in [2.05, 4.69) is 75.8 Å². The van der Waals surface area contributed by atoms with Gasteiger partial charge in [0.05, 0.1) is 107 Å². The first-order valence-electron chi connectivity index (χ1n) is 46.8. The Balaban J connectivity index is 0.000000123. The highest BCUT2D eigenvalue weighted by Gasteiger charge is 2.47. The lowest BCUT2D eigenvalue weighted by Gasteiger charge is -2.36. The van der Waals surface area contributed by atoms with Crippen molar-refractivity contribution in [2.75, 3.05) is 126 Å². The Morgan fingerprint density at radius 2 is 0.910 bits per heavy atom. The third-order valence-electron chi connectivity index (χ3n) is 26.1. The van der Waals surface area contributed by atoms with Gasteiger partial charge in [-0.05, 0) is 167 Å². The summed E-state index contributed by atoms with van der Waals surface area (Å²) in [4.78, 5) is 113. The van der Waals surface area contributed by atoms with E-state index in [1.165, 1.54) is 61.4 Å². The van der Waals surface area contributed by atoms with E-state index < -0.39 is 41.4 Å². The molecule has 0 saturated carbocycles. The Bertz CT molecular complexity index is 7190. The Labute approximate surface area is 824 Å². The van der Waals surface area contributed by atoms with Gasteiger partial charge in [-0.2, -0.15) is 26.3 Å². The van der Waals surface area contributed by atoms with Crippen molar-refractivity contribution < 1.29 is 76.7 Å². The average molecular weight is 1980 g/mol. The fraction of sp³-hybridized carbons (Fsp3) is 0.269. The molecule has 31 nitrogen and oxygen atoms in total. The van der Waals surface area contributed by atoms with Crippen LogP contribution in [0, 0.1) is 0 Å². The molecule has 22 rings (SSSR count). The number of amides is 8. The molecular weight excluding hydrogens is 1890 g/mol. The number of urea groups is 4. The second-order valence-corrected chi connectivity index (χ2v) is 35.9. The van der Waals surface area contributed by atoms with E-state index in [0.29, 0.717) is 159 Å². The number of rotatable bonds is 18. The summed E-state index contributed by atoms with van der Waals surface area (Å²) in [6, 6.07) is 51.2. The zero-order valence-electron chi connectivity index (χ0n) is 78.6. The summed E-state index contributed by atoms with van der Waals surface area (Å²) in [7, 11) is 1.55. The van der Waals surface area contributed by atoms with E-state index in [1.54, 1.807) is 143 Å². The van der Waals surface area contributed by atoms with Crippen molar-refractivity contribution in [3.05, 3.63) is 277 Å². The number of aliphatic imine (C=N–C) groups is 1. The van der Waals surface area contributed by atoms with E-state index >= 15 is 0 Å². The van der Waals surface area contributed by atoms with E-state index in [0.717, 1.165) is 137 Å². The van der Waals surface area contributed by atoms with Crippen LogP contribution in [0.25, 0.3) is 67.7 Å². The molecule has 0 unspecified atom stereocenters. The molecule has 0 radical (unpaired) electrons. The number of nitrogens with one attached hydrogen (secondary N) is 4. The molecule has 145 heavy (non-hydrogen) atoms. The normalized spacial score (nSPS) is 16.8. The molecule has 0 spiro atoms. The minimum atomic E-state index is -4.47. The summed E-state index contributed by atoms with van der Waals surface area (Å²) < 4.78 is 152.